The molecule has 2 atom stereocenters. The number of allylic oxidation sites excluding steroid dienone is 9. The molecular weight excluding hydrogens is 879 g/mol. The molecule has 4 aliphatic carbocycles. The molecule has 1 nitrogen and oxygen atoms in total. The van der Waals surface area contributed by atoms with Crippen LogP contribution >= 0.6 is 0 Å². The lowest BCUT2D eigenvalue weighted by Gasteiger charge is -2.37. The molecule has 350 valence electrons. The van der Waals surface area contributed by atoms with Crippen molar-refractivity contribution in [3.63, 3.8) is 0 Å². The number of anilines is 3. The molecule has 73 heavy (non-hydrogen) atoms. The fourth-order valence-electron chi connectivity index (χ4n) is 12.7. The number of fused-ring (bicyclic) bond motifs is 9. The number of benzene rings is 9. The summed E-state index contributed by atoms with van der Waals surface area (Å²) in [6.45, 7) is 12.0. The number of nitrogens with zero attached hydrogens (tertiary/aromatic N) is 1. The number of rotatable bonds is 7. The summed E-state index contributed by atoms with van der Waals surface area (Å²) in [5, 5.41) is 0. The Morgan fingerprint density at radius 2 is 1.00 bits per heavy atom. The van der Waals surface area contributed by atoms with Crippen molar-refractivity contribution in [2.75, 3.05) is 4.90 Å². The first-order valence-corrected chi connectivity index (χ1v) is 26.0. The minimum atomic E-state index is -0.529. The van der Waals surface area contributed by atoms with Crippen LogP contribution in [0.3, 0.4) is 0 Å². The van der Waals surface area contributed by atoms with Crippen molar-refractivity contribution < 1.29 is 0 Å². The smallest absolute Gasteiger partial charge is 0.0540 e. The zero-order valence-corrected chi connectivity index (χ0v) is 41.8. The molecule has 0 amide bonds. The topological polar surface area (TPSA) is 3.24 Å². The van der Waals surface area contributed by atoms with Crippen molar-refractivity contribution in [3.8, 4) is 44.5 Å². The molecular formula is C72H57N. The molecule has 1 heteroatoms. The van der Waals surface area contributed by atoms with Gasteiger partial charge in [0, 0.05) is 22.4 Å². The molecule has 4 aliphatic rings. The lowest BCUT2D eigenvalue weighted by atomic mass is 9.66. The van der Waals surface area contributed by atoms with Crippen LogP contribution in [-0.2, 0) is 10.8 Å². The highest BCUT2D eigenvalue weighted by atomic mass is 15.1. The van der Waals surface area contributed by atoms with E-state index in [1.807, 2.05) is 0 Å². The Balaban J connectivity index is 1.06. The molecule has 0 saturated heterocycles. The lowest BCUT2D eigenvalue weighted by molar-refractivity contribution is 0.630. The molecule has 9 aromatic carbocycles. The van der Waals surface area contributed by atoms with Crippen molar-refractivity contribution in [2.45, 2.75) is 44.4 Å². The SMILES string of the molecule is C=C1/C=C\C(c2cc(-c3ccccc3)cc(-c3ccccc3)c2)=C/CC2(C3=C(CC(C)C=C3)c3ccccc32)c2cc(N(c3ccc4c(c3)-c3ccccc3C4(C)C)c3ccccc3-c3ccccc3)ccc21. The fraction of sp³-hybridized carbons (Fsp3) is 0.111. The normalized spacial score (nSPS) is 19.1. The van der Waals surface area contributed by atoms with Crippen molar-refractivity contribution >= 4 is 33.8 Å². The van der Waals surface area contributed by atoms with Gasteiger partial charge in [-0.3, -0.25) is 0 Å². The van der Waals surface area contributed by atoms with Gasteiger partial charge in [-0.05, 0) is 167 Å². The van der Waals surface area contributed by atoms with E-state index in [-0.39, 0.29) is 5.41 Å². The summed E-state index contributed by atoms with van der Waals surface area (Å²) in [5.41, 5.74) is 26.6. The van der Waals surface area contributed by atoms with Gasteiger partial charge in [-0.25, -0.2) is 0 Å². The predicted octanol–water partition coefficient (Wildman–Crippen LogP) is 19.2. The second-order valence-electron chi connectivity index (χ2n) is 21.0. The minimum Gasteiger partial charge on any atom is -0.310 e. The average Bonchev–Trinajstić information content (AvgIpc) is 3.87. The Kier molecular flexibility index (Phi) is 10.7. The Hall–Kier alpha value is -8.52. The van der Waals surface area contributed by atoms with E-state index in [0.29, 0.717) is 5.92 Å². The molecule has 0 aromatic heterocycles. The second kappa shape index (κ2) is 17.7. The van der Waals surface area contributed by atoms with E-state index < -0.39 is 5.41 Å². The highest BCUT2D eigenvalue weighted by Crippen LogP contribution is 2.59. The molecule has 1 spiro atoms. The fourth-order valence-corrected chi connectivity index (χ4v) is 12.7. The quantitative estimate of drug-likeness (QED) is 0.154. The van der Waals surface area contributed by atoms with Gasteiger partial charge in [0.15, 0.2) is 0 Å². The molecule has 0 saturated carbocycles. The number of para-hydroxylation sites is 1. The van der Waals surface area contributed by atoms with Crippen LogP contribution in [-0.4, -0.2) is 0 Å². The largest absolute Gasteiger partial charge is 0.310 e. The van der Waals surface area contributed by atoms with Crippen LogP contribution in [0.25, 0.3) is 61.2 Å². The van der Waals surface area contributed by atoms with Gasteiger partial charge in [-0.15, -0.1) is 0 Å². The summed E-state index contributed by atoms with van der Waals surface area (Å²) in [7, 11) is 0. The first-order chi connectivity index (χ1) is 35.8. The van der Waals surface area contributed by atoms with Crippen LogP contribution in [0.2, 0.25) is 0 Å². The van der Waals surface area contributed by atoms with E-state index in [2.05, 4.69) is 274 Å². The summed E-state index contributed by atoms with van der Waals surface area (Å²) in [6.07, 6.45) is 13.8. The van der Waals surface area contributed by atoms with Crippen molar-refractivity contribution in [1.82, 2.24) is 0 Å². The van der Waals surface area contributed by atoms with Crippen LogP contribution in [0, 0.1) is 5.92 Å². The Labute approximate surface area is 431 Å². The van der Waals surface area contributed by atoms with Crippen LogP contribution < -0.4 is 4.90 Å². The maximum atomic E-state index is 4.94. The van der Waals surface area contributed by atoms with E-state index in [1.54, 1.807) is 0 Å². The highest BCUT2D eigenvalue weighted by Gasteiger charge is 2.47. The third-order valence-electron chi connectivity index (χ3n) is 16.3. The molecule has 0 heterocycles. The maximum Gasteiger partial charge on any atom is 0.0540 e. The van der Waals surface area contributed by atoms with Gasteiger partial charge in [0.1, 0.15) is 0 Å². The Morgan fingerprint density at radius 3 is 1.71 bits per heavy atom. The first kappa shape index (κ1) is 44.4. The predicted molar refractivity (Wildman–Crippen MR) is 309 cm³/mol. The molecule has 0 radical (unpaired) electrons. The lowest BCUT2D eigenvalue weighted by Crippen LogP contribution is -2.29. The number of hydrogen-bond donors (Lipinski definition) is 0. The monoisotopic (exact) mass is 935 g/mol. The molecule has 0 bridgehead atoms. The van der Waals surface area contributed by atoms with Crippen LogP contribution in [0.5, 0.6) is 0 Å². The van der Waals surface area contributed by atoms with Gasteiger partial charge >= 0.3 is 0 Å². The second-order valence-corrected chi connectivity index (χ2v) is 21.0. The molecule has 2 unspecified atom stereocenters. The van der Waals surface area contributed by atoms with E-state index >= 15 is 0 Å². The minimum absolute atomic E-state index is 0.108. The molecule has 0 N–H and O–H groups in total. The van der Waals surface area contributed by atoms with E-state index in [0.717, 1.165) is 41.0 Å². The van der Waals surface area contributed by atoms with E-state index in [4.69, 9.17) is 6.58 Å². The summed E-state index contributed by atoms with van der Waals surface area (Å²) in [6, 6.07) is 81.2. The van der Waals surface area contributed by atoms with Crippen LogP contribution in [0.4, 0.5) is 17.1 Å². The molecule has 9 aromatic rings. The van der Waals surface area contributed by atoms with Gasteiger partial charge < -0.3 is 4.90 Å². The van der Waals surface area contributed by atoms with Gasteiger partial charge in [0.25, 0.3) is 0 Å². The van der Waals surface area contributed by atoms with Gasteiger partial charge in [0.2, 0.25) is 0 Å². The maximum absolute atomic E-state index is 4.94. The van der Waals surface area contributed by atoms with Gasteiger partial charge in [-0.2, -0.15) is 0 Å². The zero-order chi connectivity index (χ0) is 49.3. The van der Waals surface area contributed by atoms with Crippen molar-refractivity contribution in [1.29, 1.82) is 0 Å². The van der Waals surface area contributed by atoms with Crippen LogP contribution in [0.1, 0.15) is 72.6 Å². The number of hydrogen-bond acceptors (Lipinski definition) is 1. The summed E-state index contributed by atoms with van der Waals surface area (Å²) in [4.78, 5) is 2.52. The van der Waals surface area contributed by atoms with Crippen LogP contribution in [0.15, 0.2) is 261 Å². The molecule has 13 rings (SSSR count). The van der Waals surface area contributed by atoms with Crippen molar-refractivity contribution in [3.05, 3.63) is 300 Å². The highest BCUT2D eigenvalue weighted by molar-refractivity contribution is 5.95. The van der Waals surface area contributed by atoms with Gasteiger partial charge in [0.05, 0.1) is 11.1 Å². The third-order valence-corrected chi connectivity index (χ3v) is 16.3. The summed E-state index contributed by atoms with van der Waals surface area (Å²) in [5.74, 6) is 0.434. The third kappa shape index (κ3) is 7.37. The first-order valence-electron chi connectivity index (χ1n) is 26.0. The van der Waals surface area contributed by atoms with Crippen molar-refractivity contribution in [2.24, 2.45) is 5.92 Å². The summed E-state index contributed by atoms with van der Waals surface area (Å²) >= 11 is 0. The Bertz CT molecular complexity index is 3730. The summed E-state index contributed by atoms with van der Waals surface area (Å²) < 4.78 is 0. The molecule has 0 fully saturated rings. The molecule has 0 aliphatic heterocycles. The average molecular weight is 936 g/mol. The van der Waals surface area contributed by atoms with E-state index in [1.165, 1.54) is 94.6 Å². The van der Waals surface area contributed by atoms with Gasteiger partial charge in [-0.1, -0.05) is 228 Å². The Morgan fingerprint density at radius 1 is 0.438 bits per heavy atom. The zero-order valence-electron chi connectivity index (χ0n) is 41.8. The van der Waals surface area contributed by atoms with E-state index in [9.17, 15) is 0 Å². The standard InChI is InChI=1S/C72H57N/c1-48-32-38-68-63(42-48)62-28-15-18-30-67(62)72(68)41-40-52(56-44-54(50-20-8-5-9-21-50)43-55(45-56)51-22-10-6-11-23-51)34-33-49(2)59-37-35-58(47-69(59)72)73(70-31-19-16-26-60(70)53-24-12-7-13-25-53)57-36-39-66-64(46-57)61-27-14-17-29-65(61)71(66,3)4/h5-40,43-48H,2,41-42H2,1,3-4H3/b34-33-,52-40+.